The predicted molar refractivity (Wildman–Crippen MR) is 85.8 cm³/mol. The molecule has 0 saturated carbocycles. The van der Waals surface area contributed by atoms with Crippen LogP contribution >= 0.6 is 24.8 Å². The van der Waals surface area contributed by atoms with Crippen LogP contribution in [0.25, 0.3) is 0 Å². The summed E-state index contributed by atoms with van der Waals surface area (Å²) >= 11 is 0. The molecule has 0 atom stereocenters. The minimum atomic E-state index is -1.83. The maximum absolute atomic E-state index is 10.5. The summed E-state index contributed by atoms with van der Waals surface area (Å²) in [4.78, 5) is 0. The maximum Gasteiger partial charge on any atom is 0.697 e. The first-order valence-corrected chi connectivity index (χ1v) is 10.0. The highest BCUT2D eigenvalue weighted by atomic mass is 31.1. The highest BCUT2D eigenvalue weighted by Gasteiger charge is 2.36. The molecule has 0 aliphatic carbocycles. The Bertz CT molecular complexity index is 337. The van der Waals surface area contributed by atoms with E-state index < -0.39 is 24.8 Å². The molecule has 0 aromatic rings. The van der Waals surface area contributed by atoms with Crippen LogP contribution in [0.3, 0.4) is 0 Å². The van der Waals surface area contributed by atoms with Crippen LogP contribution in [0.2, 0.25) is 0 Å². The van der Waals surface area contributed by atoms with Gasteiger partial charge in [0, 0.05) is 19.1 Å². The second kappa shape index (κ2) is 15.6. The molecule has 1 aliphatic heterocycles. The second-order valence-corrected chi connectivity index (χ2v) is 7.69. The van der Waals surface area contributed by atoms with Gasteiger partial charge >= 0.3 is 24.8 Å². The fourth-order valence-corrected chi connectivity index (χ4v) is 2.49. The summed E-state index contributed by atoms with van der Waals surface area (Å²) in [5.41, 5.74) is 0.0310. The Morgan fingerprint density at radius 3 is 1.57 bits per heavy atom. The molecule has 0 unspecified atom stereocenters. The molecule has 0 radical (unpaired) electrons. The Hall–Kier alpha value is 0.0600. The Labute approximate surface area is 140 Å². The third-order valence-corrected chi connectivity index (χ3v) is 4.10. The first-order valence-electron chi connectivity index (χ1n) is 6.74. The summed E-state index contributed by atoms with van der Waals surface area (Å²) in [6.07, 6.45) is 0. The maximum atomic E-state index is 10.5. The van der Waals surface area contributed by atoms with Crippen molar-refractivity contribution >= 4 is 24.8 Å². The summed E-state index contributed by atoms with van der Waals surface area (Å²) in [5, 5.41) is 0. The molecule has 9 nitrogen and oxygen atoms in total. The lowest BCUT2D eigenvalue weighted by Crippen LogP contribution is -2.26. The summed E-state index contributed by atoms with van der Waals surface area (Å²) in [7, 11) is -2.81. The summed E-state index contributed by atoms with van der Waals surface area (Å²) < 4.78 is 57.8. The summed E-state index contributed by atoms with van der Waals surface area (Å²) in [6, 6.07) is 0. The topological polar surface area (TPSA) is 107 Å². The Morgan fingerprint density at radius 2 is 1.35 bits per heavy atom. The van der Waals surface area contributed by atoms with Crippen molar-refractivity contribution in [3.8, 4) is 0 Å². The van der Waals surface area contributed by atoms with Gasteiger partial charge in [0.25, 0.3) is 0 Å². The molecule has 0 spiro atoms. The minimum Gasteiger partial charge on any atom is -0.122 e. The fourth-order valence-electron chi connectivity index (χ4n) is 0.856. The lowest BCUT2D eigenvalue weighted by atomic mass is 9.97. The molecule has 0 aromatic carbocycles. The number of rotatable bonds is 6. The van der Waals surface area contributed by atoms with Crippen molar-refractivity contribution in [2.75, 3.05) is 40.6 Å². The largest absolute Gasteiger partial charge is 0.697 e. The van der Waals surface area contributed by atoms with Crippen molar-refractivity contribution < 1.29 is 40.8 Å². The quantitative estimate of drug-likeness (QED) is 0.606. The SMILES string of the molecule is CC1(C)CO[P+](=O)OC1.CCO[P+](=O)OCC.CO[P+](=O)OC. The van der Waals surface area contributed by atoms with E-state index >= 15 is 0 Å². The molecular weight excluding hydrogens is 369 g/mol. The first kappa shape index (κ1) is 25.3. The van der Waals surface area contributed by atoms with Gasteiger partial charge in [0.1, 0.15) is 26.4 Å². The predicted octanol–water partition coefficient (Wildman–Crippen LogP) is 4.37. The van der Waals surface area contributed by atoms with Crippen LogP contribution < -0.4 is 0 Å². The molecule has 136 valence electrons. The summed E-state index contributed by atoms with van der Waals surface area (Å²) in [5.74, 6) is 0. The molecule has 12 heteroatoms. The molecule has 0 N–H and O–H groups in total. The Morgan fingerprint density at radius 1 is 0.957 bits per heavy atom. The van der Waals surface area contributed by atoms with E-state index in [9.17, 15) is 13.7 Å². The third-order valence-electron chi connectivity index (χ3n) is 1.89. The monoisotopic (exact) mass is 395 g/mol. The molecule has 0 bridgehead atoms. The lowest BCUT2D eigenvalue weighted by molar-refractivity contribution is 0.0537. The average molecular weight is 395 g/mol. The lowest BCUT2D eigenvalue weighted by Gasteiger charge is -2.20. The van der Waals surface area contributed by atoms with E-state index in [0.717, 1.165) is 0 Å². The van der Waals surface area contributed by atoms with Gasteiger partial charge in [0.2, 0.25) is 0 Å². The Kier molecular flexibility index (Phi) is 17.1. The standard InChI is InChI=1S/C5H10O3P.C4H10O3P.C2H6O3P/c1-5(2)3-7-9(6)8-4-5;1-3-6-8(5)7-4-2;1-4-6(3)5-2/h3-4H2,1-2H3;3-4H2,1-2H3;1-2H3/q3*+1. The van der Waals surface area contributed by atoms with E-state index in [2.05, 4.69) is 18.1 Å². The zero-order valence-corrected chi connectivity index (χ0v) is 17.0. The van der Waals surface area contributed by atoms with Crippen molar-refractivity contribution in [1.29, 1.82) is 0 Å². The number of hydrogen-bond donors (Lipinski definition) is 0. The van der Waals surface area contributed by atoms with Gasteiger partial charge < -0.3 is 0 Å². The van der Waals surface area contributed by atoms with E-state index in [1.54, 1.807) is 13.8 Å². The molecule has 1 fully saturated rings. The minimum absolute atomic E-state index is 0.0310. The molecule has 0 aromatic heterocycles. The van der Waals surface area contributed by atoms with E-state index in [1.807, 2.05) is 13.8 Å². The van der Waals surface area contributed by atoms with Gasteiger partial charge in [0.15, 0.2) is 0 Å². The van der Waals surface area contributed by atoms with E-state index in [4.69, 9.17) is 9.05 Å². The Balaban J connectivity index is 0. The zero-order valence-electron chi connectivity index (χ0n) is 14.3. The van der Waals surface area contributed by atoms with Crippen LogP contribution in [-0.2, 0) is 40.8 Å². The van der Waals surface area contributed by atoms with Crippen molar-refractivity contribution in [3.05, 3.63) is 0 Å². The van der Waals surface area contributed by atoms with Crippen LogP contribution in [0.4, 0.5) is 0 Å². The molecule has 0 amide bonds. The third kappa shape index (κ3) is 18.2. The molecule has 1 rings (SSSR count). The first-order chi connectivity index (χ1) is 10.7. The van der Waals surface area contributed by atoms with Crippen LogP contribution in [0.5, 0.6) is 0 Å². The van der Waals surface area contributed by atoms with Gasteiger partial charge in [-0.05, 0) is 13.8 Å². The highest BCUT2D eigenvalue weighted by Crippen LogP contribution is 2.35. The molecule has 1 saturated heterocycles. The van der Waals surface area contributed by atoms with Crippen molar-refractivity contribution in [1.82, 2.24) is 0 Å². The highest BCUT2D eigenvalue weighted by molar-refractivity contribution is 7.33. The van der Waals surface area contributed by atoms with Gasteiger partial charge in [-0.25, -0.2) is 0 Å². The number of hydrogen-bond acceptors (Lipinski definition) is 9. The molecule has 23 heavy (non-hydrogen) atoms. The average Bonchev–Trinajstić information content (AvgIpc) is 2.51. The normalized spacial score (nSPS) is 15.7. The molecule has 1 aliphatic rings. The van der Waals surface area contributed by atoms with E-state index in [1.165, 1.54) is 14.2 Å². The molecule has 1 heterocycles. The van der Waals surface area contributed by atoms with Gasteiger partial charge in [0.05, 0.1) is 14.2 Å². The van der Waals surface area contributed by atoms with Crippen molar-refractivity contribution in [2.24, 2.45) is 5.41 Å². The zero-order chi connectivity index (χ0) is 18.3. The second-order valence-electron chi connectivity index (χ2n) is 4.58. The smallest absolute Gasteiger partial charge is 0.122 e. The van der Waals surface area contributed by atoms with Crippen LogP contribution in [0.15, 0.2) is 0 Å². The van der Waals surface area contributed by atoms with Gasteiger partial charge in [-0.3, -0.25) is 0 Å². The van der Waals surface area contributed by atoms with Gasteiger partial charge in [-0.15, -0.1) is 27.1 Å². The van der Waals surface area contributed by atoms with Gasteiger partial charge in [-0.2, -0.15) is 0 Å². The van der Waals surface area contributed by atoms with Gasteiger partial charge in [-0.1, -0.05) is 13.8 Å². The van der Waals surface area contributed by atoms with E-state index in [0.29, 0.717) is 26.4 Å². The molecular formula is C11H26O9P3+3. The fraction of sp³-hybridized carbons (Fsp3) is 1.00. The van der Waals surface area contributed by atoms with Crippen LogP contribution in [-0.4, -0.2) is 40.6 Å². The van der Waals surface area contributed by atoms with Crippen LogP contribution in [0.1, 0.15) is 27.7 Å². The van der Waals surface area contributed by atoms with Crippen LogP contribution in [0, 0.1) is 5.41 Å². The van der Waals surface area contributed by atoms with E-state index in [-0.39, 0.29) is 5.41 Å². The summed E-state index contributed by atoms with van der Waals surface area (Å²) in [6.45, 7) is 9.50. The van der Waals surface area contributed by atoms with Crippen molar-refractivity contribution in [3.63, 3.8) is 0 Å². The van der Waals surface area contributed by atoms with Crippen molar-refractivity contribution in [2.45, 2.75) is 27.7 Å².